The van der Waals surface area contributed by atoms with Gasteiger partial charge in [0.05, 0.1) is 0 Å². The van der Waals surface area contributed by atoms with Crippen LogP contribution >= 0.6 is 0 Å². The van der Waals surface area contributed by atoms with Gasteiger partial charge >= 0.3 is 0 Å². The molecular weight excluding hydrogens is 194 g/mol. The second-order valence-electron chi connectivity index (χ2n) is 3.27. The van der Waals surface area contributed by atoms with E-state index >= 15 is 0 Å². The highest BCUT2D eigenvalue weighted by Gasteiger charge is 1.99. The van der Waals surface area contributed by atoms with E-state index in [2.05, 4.69) is 29.9 Å². The highest BCUT2D eigenvalue weighted by atomic mass is 16.5. The Hall–Kier alpha value is -1.69. The number of rotatable bonds is 5. The van der Waals surface area contributed by atoms with Crippen molar-refractivity contribution in [1.29, 1.82) is 0 Å². The Morgan fingerprint density at radius 2 is 2.40 bits per heavy atom. The van der Waals surface area contributed by atoms with Crippen LogP contribution in [0.3, 0.4) is 0 Å². The van der Waals surface area contributed by atoms with Gasteiger partial charge in [-0.2, -0.15) is 4.98 Å². The van der Waals surface area contributed by atoms with Gasteiger partial charge < -0.3 is 14.8 Å². The molecule has 80 valence electrons. The summed E-state index contributed by atoms with van der Waals surface area (Å²) < 4.78 is 4.63. The molecule has 6 nitrogen and oxygen atoms in total. The SMILES string of the molecule is Cc1ncc(CNCCc2ncon2)[nH]1. The Balaban J connectivity index is 1.67. The summed E-state index contributed by atoms with van der Waals surface area (Å²) in [6, 6.07) is 0. The average molecular weight is 207 g/mol. The monoisotopic (exact) mass is 207 g/mol. The number of imidazole rings is 1. The molecule has 0 atom stereocenters. The van der Waals surface area contributed by atoms with Gasteiger partial charge in [-0.1, -0.05) is 5.16 Å². The first-order valence-corrected chi connectivity index (χ1v) is 4.81. The van der Waals surface area contributed by atoms with Gasteiger partial charge in [-0.25, -0.2) is 4.98 Å². The number of aromatic amines is 1. The summed E-state index contributed by atoms with van der Waals surface area (Å²) >= 11 is 0. The van der Waals surface area contributed by atoms with Gasteiger partial charge in [0.1, 0.15) is 5.82 Å². The number of aromatic nitrogens is 4. The number of hydrogen-bond acceptors (Lipinski definition) is 5. The first-order chi connectivity index (χ1) is 7.34. The highest BCUT2D eigenvalue weighted by molar-refractivity contribution is 4.99. The van der Waals surface area contributed by atoms with Crippen molar-refractivity contribution in [3.8, 4) is 0 Å². The smallest absolute Gasteiger partial charge is 0.213 e. The fraction of sp³-hybridized carbons (Fsp3) is 0.444. The van der Waals surface area contributed by atoms with Crippen molar-refractivity contribution < 1.29 is 4.52 Å². The van der Waals surface area contributed by atoms with Gasteiger partial charge in [0.15, 0.2) is 5.82 Å². The van der Waals surface area contributed by atoms with Gasteiger partial charge in [-0.3, -0.25) is 0 Å². The zero-order valence-electron chi connectivity index (χ0n) is 8.53. The van der Waals surface area contributed by atoms with E-state index in [9.17, 15) is 0 Å². The minimum atomic E-state index is 0.725. The summed E-state index contributed by atoms with van der Waals surface area (Å²) in [5, 5.41) is 6.98. The van der Waals surface area contributed by atoms with Crippen LogP contribution in [0.5, 0.6) is 0 Å². The second-order valence-corrected chi connectivity index (χ2v) is 3.27. The number of hydrogen-bond donors (Lipinski definition) is 2. The molecule has 0 saturated carbocycles. The summed E-state index contributed by atoms with van der Waals surface area (Å²) in [6.45, 7) is 3.53. The summed E-state index contributed by atoms with van der Waals surface area (Å²) in [7, 11) is 0. The van der Waals surface area contributed by atoms with Crippen molar-refractivity contribution in [2.24, 2.45) is 0 Å². The maximum Gasteiger partial charge on any atom is 0.213 e. The first-order valence-electron chi connectivity index (χ1n) is 4.81. The molecule has 2 N–H and O–H groups in total. The molecular formula is C9H13N5O. The predicted octanol–water partition coefficient (Wildman–Crippen LogP) is 0.433. The van der Waals surface area contributed by atoms with E-state index in [1.165, 1.54) is 6.39 Å². The molecule has 6 heteroatoms. The van der Waals surface area contributed by atoms with Crippen LogP contribution in [0.1, 0.15) is 17.3 Å². The van der Waals surface area contributed by atoms with Crippen molar-refractivity contribution in [1.82, 2.24) is 25.4 Å². The molecule has 0 fully saturated rings. The minimum Gasteiger partial charge on any atom is -0.345 e. The Morgan fingerprint density at radius 3 is 3.07 bits per heavy atom. The third kappa shape index (κ3) is 2.88. The van der Waals surface area contributed by atoms with E-state index in [0.717, 1.165) is 36.9 Å². The van der Waals surface area contributed by atoms with Crippen molar-refractivity contribution >= 4 is 0 Å². The van der Waals surface area contributed by atoms with Crippen molar-refractivity contribution in [2.75, 3.05) is 6.54 Å². The molecule has 0 aliphatic carbocycles. The summed E-state index contributed by atoms with van der Waals surface area (Å²) in [6.07, 6.45) is 3.94. The number of H-pyrrole nitrogens is 1. The van der Waals surface area contributed by atoms with E-state index in [1.54, 1.807) is 0 Å². The van der Waals surface area contributed by atoms with Crippen LogP contribution in [0.15, 0.2) is 17.1 Å². The Labute approximate surface area is 87.1 Å². The minimum absolute atomic E-state index is 0.725. The first kappa shape index (κ1) is 9.85. The van der Waals surface area contributed by atoms with E-state index in [4.69, 9.17) is 0 Å². The Bertz CT molecular complexity index is 394. The fourth-order valence-electron chi connectivity index (χ4n) is 1.29. The number of aryl methyl sites for hydroxylation is 1. The van der Waals surface area contributed by atoms with Gasteiger partial charge in [-0.05, 0) is 6.92 Å². The molecule has 0 amide bonds. The molecule has 0 aliphatic heterocycles. The van der Waals surface area contributed by atoms with Crippen LogP contribution in [-0.4, -0.2) is 26.7 Å². The van der Waals surface area contributed by atoms with Crippen molar-refractivity contribution in [2.45, 2.75) is 19.9 Å². The van der Waals surface area contributed by atoms with Crippen LogP contribution < -0.4 is 5.32 Å². The third-order valence-electron chi connectivity index (χ3n) is 2.00. The lowest BCUT2D eigenvalue weighted by Gasteiger charge is -1.99. The number of nitrogens with zero attached hydrogens (tertiary/aromatic N) is 3. The van der Waals surface area contributed by atoms with Gasteiger partial charge in [0, 0.05) is 31.4 Å². The third-order valence-corrected chi connectivity index (χ3v) is 2.00. The van der Waals surface area contributed by atoms with Crippen LogP contribution in [0.4, 0.5) is 0 Å². The molecule has 2 rings (SSSR count). The topological polar surface area (TPSA) is 79.6 Å². The largest absolute Gasteiger partial charge is 0.345 e. The fourth-order valence-corrected chi connectivity index (χ4v) is 1.29. The lowest BCUT2D eigenvalue weighted by molar-refractivity contribution is 0.409. The molecule has 0 aromatic carbocycles. The summed E-state index contributed by atoms with van der Waals surface area (Å²) in [5.74, 6) is 1.66. The molecule has 2 aromatic heterocycles. The lowest BCUT2D eigenvalue weighted by Crippen LogP contribution is -2.17. The molecule has 15 heavy (non-hydrogen) atoms. The van der Waals surface area contributed by atoms with E-state index < -0.39 is 0 Å². The van der Waals surface area contributed by atoms with Crippen LogP contribution in [-0.2, 0) is 13.0 Å². The van der Waals surface area contributed by atoms with Gasteiger partial charge in [-0.15, -0.1) is 0 Å². The zero-order chi connectivity index (χ0) is 10.5. The van der Waals surface area contributed by atoms with Crippen LogP contribution in [0.25, 0.3) is 0 Å². The zero-order valence-corrected chi connectivity index (χ0v) is 8.53. The standard InChI is InChI=1S/C9H13N5O/c1-7-11-5-8(13-7)4-10-3-2-9-12-6-15-14-9/h5-6,10H,2-4H2,1H3,(H,11,13). The Kier molecular flexibility index (Phi) is 3.08. The van der Waals surface area contributed by atoms with E-state index in [0.29, 0.717) is 0 Å². The number of nitrogens with one attached hydrogen (secondary N) is 2. The van der Waals surface area contributed by atoms with E-state index in [1.807, 2.05) is 13.1 Å². The molecule has 0 bridgehead atoms. The molecule has 0 radical (unpaired) electrons. The predicted molar refractivity (Wildman–Crippen MR) is 53.0 cm³/mol. The lowest BCUT2D eigenvalue weighted by atomic mass is 10.4. The van der Waals surface area contributed by atoms with Crippen LogP contribution in [0, 0.1) is 6.92 Å². The second kappa shape index (κ2) is 4.70. The van der Waals surface area contributed by atoms with Gasteiger partial charge in [0.25, 0.3) is 0 Å². The van der Waals surface area contributed by atoms with E-state index in [-0.39, 0.29) is 0 Å². The quantitative estimate of drug-likeness (QED) is 0.695. The van der Waals surface area contributed by atoms with Gasteiger partial charge in [0.2, 0.25) is 6.39 Å². The van der Waals surface area contributed by atoms with Crippen molar-refractivity contribution in [3.63, 3.8) is 0 Å². The van der Waals surface area contributed by atoms with Crippen molar-refractivity contribution in [3.05, 3.63) is 29.9 Å². The molecule has 2 aromatic rings. The Morgan fingerprint density at radius 1 is 1.47 bits per heavy atom. The summed E-state index contributed by atoms with van der Waals surface area (Å²) in [5.41, 5.74) is 1.08. The molecule has 0 spiro atoms. The average Bonchev–Trinajstić information content (AvgIpc) is 2.84. The molecule has 2 heterocycles. The maximum atomic E-state index is 4.63. The molecule has 0 saturated heterocycles. The molecule has 0 unspecified atom stereocenters. The normalized spacial score (nSPS) is 10.7. The summed E-state index contributed by atoms with van der Waals surface area (Å²) in [4.78, 5) is 11.2. The van der Waals surface area contributed by atoms with Crippen LogP contribution in [0.2, 0.25) is 0 Å². The highest BCUT2D eigenvalue weighted by Crippen LogP contribution is 1.95. The maximum absolute atomic E-state index is 4.63. The molecule has 0 aliphatic rings.